The summed E-state index contributed by atoms with van der Waals surface area (Å²) in [5.74, 6) is 0.711. The van der Waals surface area contributed by atoms with Gasteiger partial charge in [0.2, 0.25) is 0 Å². The SMILES string of the molecule is CC(C)N1CCC(CN=C=S)C1. The van der Waals surface area contributed by atoms with Gasteiger partial charge >= 0.3 is 0 Å². The molecule has 3 heteroatoms. The van der Waals surface area contributed by atoms with Gasteiger partial charge in [-0.2, -0.15) is 0 Å². The summed E-state index contributed by atoms with van der Waals surface area (Å²) >= 11 is 4.54. The highest BCUT2D eigenvalue weighted by molar-refractivity contribution is 7.78. The van der Waals surface area contributed by atoms with Gasteiger partial charge in [0, 0.05) is 12.6 Å². The van der Waals surface area contributed by atoms with E-state index in [9.17, 15) is 0 Å². The second-order valence-corrected chi connectivity index (χ2v) is 3.86. The number of nitrogens with zero attached hydrogens (tertiary/aromatic N) is 2. The molecule has 1 rings (SSSR count). The molecule has 0 aromatic carbocycles. The molecular weight excluding hydrogens is 168 g/mol. The maximum Gasteiger partial charge on any atom is 0.0585 e. The molecule has 1 atom stereocenters. The van der Waals surface area contributed by atoms with E-state index in [1.807, 2.05) is 0 Å². The summed E-state index contributed by atoms with van der Waals surface area (Å²) < 4.78 is 0. The fourth-order valence-electron chi connectivity index (χ4n) is 1.65. The average Bonchev–Trinajstić information content (AvgIpc) is 2.48. The Morgan fingerprint density at radius 2 is 2.42 bits per heavy atom. The number of hydrogen-bond donors (Lipinski definition) is 0. The summed E-state index contributed by atoms with van der Waals surface area (Å²) in [4.78, 5) is 6.48. The Morgan fingerprint density at radius 1 is 1.67 bits per heavy atom. The Balaban J connectivity index is 2.30. The molecule has 0 radical (unpaired) electrons. The zero-order valence-electron chi connectivity index (χ0n) is 7.79. The molecular formula is C9H16N2S. The summed E-state index contributed by atoms with van der Waals surface area (Å²) in [7, 11) is 0. The molecule has 1 fully saturated rings. The van der Waals surface area contributed by atoms with E-state index in [1.165, 1.54) is 19.5 Å². The van der Waals surface area contributed by atoms with Gasteiger partial charge in [-0.15, -0.1) is 0 Å². The van der Waals surface area contributed by atoms with Crippen LogP contribution in [-0.2, 0) is 0 Å². The normalized spacial score (nSPS) is 24.4. The quantitative estimate of drug-likeness (QED) is 0.491. The van der Waals surface area contributed by atoms with Crippen LogP contribution in [0.3, 0.4) is 0 Å². The highest BCUT2D eigenvalue weighted by atomic mass is 32.1. The van der Waals surface area contributed by atoms with E-state index in [4.69, 9.17) is 0 Å². The van der Waals surface area contributed by atoms with Crippen LogP contribution in [0, 0.1) is 5.92 Å². The van der Waals surface area contributed by atoms with Crippen molar-refractivity contribution in [1.29, 1.82) is 0 Å². The third-order valence-electron chi connectivity index (χ3n) is 2.46. The Kier molecular flexibility index (Phi) is 3.86. The maximum absolute atomic E-state index is 4.54. The fourth-order valence-corrected chi connectivity index (χ4v) is 1.72. The topological polar surface area (TPSA) is 15.6 Å². The molecule has 0 bridgehead atoms. The highest BCUT2D eigenvalue weighted by Gasteiger charge is 2.23. The molecule has 0 aromatic heterocycles. The first-order chi connectivity index (χ1) is 5.74. The van der Waals surface area contributed by atoms with Crippen molar-refractivity contribution in [2.75, 3.05) is 19.6 Å². The minimum Gasteiger partial charge on any atom is -0.301 e. The summed E-state index contributed by atoms with van der Waals surface area (Å²) in [6.45, 7) is 7.75. The largest absolute Gasteiger partial charge is 0.301 e. The molecule has 1 aliphatic heterocycles. The summed E-state index contributed by atoms with van der Waals surface area (Å²) in [5, 5.41) is 2.43. The number of likely N-dealkylation sites (tertiary alicyclic amines) is 1. The predicted molar refractivity (Wildman–Crippen MR) is 54.7 cm³/mol. The van der Waals surface area contributed by atoms with Crippen LogP contribution in [0.1, 0.15) is 20.3 Å². The summed E-state index contributed by atoms with van der Waals surface area (Å²) in [6, 6.07) is 0.673. The molecule has 68 valence electrons. The fraction of sp³-hybridized carbons (Fsp3) is 0.889. The van der Waals surface area contributed by atoms with Gasteiger partial charge in [0.1, 0.15) is 0 Å². The second kappa shape index (κ2) is 4.70. The van der Waals surface area contributed by atoms with Gasteiger partial charge in [-0.3, -0.25) is 0 Å². The second-order valence-electron chi connectivity index (χ2n) is 3.68. The Labute approximate surface area is 79.7 Å². The lowest BCUT2D eigenvalue weighted by molar-refractivity contribution is 0.266. The lowest BCUT2D eigenvalue weighted by Crippen LogP contribution is -2.28. The first-order valence-electron chi connectivity index (χ1n) is 4.51. The molecule has 12 heavy (non-hydrogen) atoms. The standard InChI is InChI=1S/C9H16N2S/c1-8(2)11-4-3-9(6-11)5-10-7-12/h8-9H,3-6H2,1-2H3. The van der Waals surface area contributed by atoms with Gasteiger partial charge in [0.25, 0.3) is 0 Å². The zero-order chi connectivity index (χ0) is 8.97. The molecule has 1 aliphatic rings. The minimum absolute atomic E-state index is 0.673. The van der Waals surface area contributed by atoms with Crippen LogP contribution in [0.25, 0.3) is 0 Å². The molecule has 0 N–H and O–H groups in total. The summed E-state index contributed by atoms with van der Waals surface area (Å²) in [5.41, 5.74) is 0. The smallest absolute Gasteiger partial charge is 0.0585 e. The number of rotatable bonds is 3. The first kappa shape index (κ1) is 9.85. The van der Waals surface area contributed by atoms with E-state index in [0.717, 1.165) is 6.54 Å². The van der Waals surface area contributed by atoms with Crippen molar-refractivity contribution in [2.24, 2.45) is 10.9 Å². The predicted octanol–water partition coefficient (Wildman–Crippen LogP) is 1.82. The van der Waals surface area contributed by atoms with Gasteiger partial charge in [-0.1, -0.05) is 0 Å². The lowest BCUT2D eigenvalue weighted by Gasteiger charge is -2.19. The van der Waals surface area contributed by atoms with Gasteiger partial charge < -0.3 is 4.90 Å². The van der Waals surface area contributed by atoms with Gasteiger partial charge in [0.05, 0.1) is 11.7 Å². The summed E-state index contributed by atoms with van der Waals surface area (Å²) in [6.07, 6.45) is 1.26. The van der Waals surface area contributed by atoms with E-state index in [0.29, 0.717) is 12.0 Å². The van der Waals surface area contributed by atoms with E-state index >= 15 is 0 Å². The molecule has 0 spiro atoms. The van der Waals surface area contributed by atoms with Crippen molar-refractivity contribution >= 4 is 17.4 Å². The molecule has 0 aliphatic carbocycles. The molecule has 2 nitrogen and oxygen atoms in total. The van der Waals surface area contributed by atoms with Crippen LogP contribution in [0.5, 0.6) is 0 Å². The maximum atomic E-state index is 4.54. The molecule has 0 saturated carbocycles. The third-order valence-corrected chi connectivity index (χ3v) is 2.59. The van der Waals surface area contributed by atoms with Crippen molar-refractivity contribution in [3.8, 4) is 0 Å². The Hall–Kier alpha value is -0.240. The Bertz CT molecular complexity index is 185. The van der Waals surface area contributed by atoms with Crippen molar-refractivity contribution < 1.29 is 0 Å². The zero-order valence-corrected chi connectivity index (χ0v) is 8.60. The molecule has 0 aromatic rings. The van der Waals surface area contributed by atoms with Crippen LogP contribution in [0.4, 0.5) is 0 Å². The molecule has 1 unspecified atom stereocenters. The van der Waals surface area contributed by atoms with Crippen molar-refractivity contribution in [2.45, 2.75) is 26.3 Å². The van der Waals surface area contributed by atoms with Gasteiger partial charge in [0.15, 0.2) is 0 Å². The van der Waals surface area contributed by atoms with Crippen LogP contribution < -0.4 is 0 Å². The van der Waals surface area contributed by atoms with E-state index in [-0.39, 0.29) is 0 Å². The van der Waals surface area contributed by atoms with E-state index in [1.54, 1.807) is 0 Å². The Morgan fingerprint density at radius 3 is 2.92 bits per heavy atom. The van der Waals surface area contributed by atoms with Crippen LogP contribution in [-0.4, -0.2) is 35.7 Å². The lowest BCUT2D eigenvalue weighted by atomic mass is 10.1. The van der Waals surface area contributed by atoms with Crippen molar-refractivity contribution in [3.63, 3.8) is 0 Å². The highest BCUT2D eigenvalue weighted by Crippen LogP contribution is 2.18. The first-order valence-corrected chi connectivity index (χ1v) is 4.92. The van der Waals surface area contributed by atoms with Crippen molar-refractivity contribution in [3.05, 3.63) is 0 Å². The number of isothiocyanates is 1. The van der Waals surface area contributed by atoms with Gasteiger partial charge in [-0.05, 0) is 44.9 Å². The molecule has 1 saturated heterocycles. The number of hydrogen-bond acceptors (Lipinski definition) is 3. The number of aliphatic imine (C=N–C) groups is 1. The van der Waals surface area contributed by atoms with Crippen LogP contribution in [0.2, 0.25) is 0 Å². The third kappa shape index (κ3) is 2.67. The minimum atomic E-state index is 0.673. The average molecular weight is 184 g/mol. The number of thiocarbonyl (C=S) groups is 1. The molecule has 1 heterocycles. The van der Waals surface area contributed by atoms with Crippen LogP contribution >= 0.6 is 12.2 Å². The van der Waals surface area contributed by atoms with Crippen molar-refractivity contribution in [1.82, 2.24) is 4.90 Å². The van der Waals surface area contributed by atoms with Gasteiger partial charge in [-0.25, -0.2) is 4.99 Å². The van der Waals surface area contributed by atoms with E-state index < -0.39 is 0 Å². The monoisotopic (exact) mass is 184 g/mol. The van der Waals surface area contributed by atoms with E-state index in [2.05, 4.69) is 41.1 Å². The van der Waals surface area contributed by atoms with Crippen LogP contribution in [0.15, 0.2) is 4.99 Å². The molecule has 0 amide bonds.